The second kappa shape index (κ2) is 7.01. The molecule has 2 aromatic rings. The Hall–Kier alpha value is -2.45. The van der Waals surface area contributed by atoms with E-state index < -0.39 is 17.6 Å². The molecule has 0 saturated heterocycles. The molecule has 0 aliphatic heterocycles. The van der Waals surface area contributed by atoms with Crippen molar-refractivity contribution in [3.8, 4) is 6.07 Å². The number of nitrogens with one attached hydrogen (secondary N) is 1. The van der Waals surface area contributed by atoms with Gasteiger partial charge in [-0.05, 0) is 43.2 Å². The summed E-state index contributed by atoms with van der Waals surface area (Å²) in [5.41, 5.74) is 1.73. The SMILES string of the molecule is CCc1ccc(NC(=O)[C@H](C#N)C(=O)c2ccc(C)s2)cc1. The van der Waals surface area contributed by atoms with E-state index in [2.05, 4.69) is 5.32 Å². The number of Topliss-reactive ketones (excluding diaryl/α,β-unsaturated/α-hetero) is 1. The Labute approximate surface area is 133 Å². The molecule has 1 aromatic carbocycles. The van der Waals surface area contributed by atoms with E-state index in [0.29, 0.717) is 10.6 Å². The van der Waals surface area contributed by atoms with Gasteiger partial charge in [-0.15, -0.1) is 11.3 Å². The van der Waals surface area contributed by atoms with E-state index in [1.807, 2.05) is 26.0 Å². The van der Waals surface area contributed by atoms with Gasteiger partial charge in [0, 0.05) is 10.6 Å². The smallest absolute Gasteiger partial charge is 0.249 e. The highest BCUT2D eigenvalue weighted by molar-refractivity contribution is 7.14. The van der Waals surface area contributed by atoms with Crippen LogP contribution in [0.15, 0.2) is 36.4 Å². The molecule has 0 bridgehead atoms. The molecular formula is C17H16N2O2S. The fraction of sp³-hybridized carbons (Fsp3) is 0.235. The summed E-state index contributed by atoms with van der Waals surface area (Å²) in [6.07, 6.45) is 0.908. The normalized spacial score (nSPS) is 11.5. The molecule has 1 amide bonds. The standard InChI is InChI=1S/C17H16N2O2S/c1-3-12-5-7-13(8-6-12)19-17(21)14(10-18)16(20)15-9-4-11(2)22-15/h4-9,14H,3H2,1-2H3,(H,19,21)/t14-/m1/s1. The molecule has 1 N–H and O–H groups in total. The highest BCUT2D eigenvalue weighted by Crippen LogP contribution is 2.20. The minimum absolute atomic E-state index is 0.431. The number of carbonyl (C=O) groups excluding carboxylic acids is 2. The number of aryl methyl sites for hydroxylation is 2. The van der Waals surface area contributed by atoms with Gasteiger partial charge in [0.05, 0.1) is 10.9 Å². The van der Waals surface area contributed by atoms with Crippen molar-refractivity contribution in [2.45, 2.75) is 20.3 Å². The molecule has 5 heteroatoms. The number of ketones is 1. The zero-order valence-electron chi connectivity index (χ0n) is 12.4. The second-order valence-electron chi connectivity index (χ2n) is 4.88. The molecule has 22 heavy (non-hydrogen) atoms. The van der Waals surface area contributed by atoms with Crippen LogP contribution in [0.1, 0.15) is 27.0 Å². The fourth-order valence-electron chi connectivity index (χ4n) is 1.98. The van der Waals surface area contributed by atoms with Crippen molar-refractivity contribution in [1.29, 1.82) is 5.26 Å². The van der Waals surface area contributed by atoms with Crippen molar-refractivity contribution in [3.63, 3.8) is 0 Å². The van der Waals surface area contributed by atoms with E-state index in [0.717, 1.165) is 16.9 Å². The first kappa shape index (κ1) is 15.9. The predicted octanol–water partition coefficient (Wildman–Crippen LogP) is 3.58. The van der Waals surface area contributed by atoms with Crippen LogP contribution in [-0.2, 0) is 11.2 Å². The topological polar surface area (TPSA) is 70.0 Å². The van der Waals surface area contributed by atoms with Crippen LogP contribution in [0.4, 0.5) is 5.69 Å². The average Bonchev–Trinajstić information content (AvgIpc) is 2.95. The lowest BCUT2D eigenvalue weighted by molar-refractivity contribution is -0.117. The van der Waals surface area contributed by atoms with Gasteiger partial charge in [0.1, 0.15) is 0 Å². The van der Waals surface area contributed by atoms with Crippen LogP contribution in [0.3, 0.4) is 0 Å². The molecule has 0 radical (unpaired) electrons. The number of carbonyl (C=O) groups is 2. The summed E-state index contributed by atoms with van der Waals surface area (Å²) >= 11 is 1.29. The summed E-state index contributed by atoms with van der Waals surface area (Å²) in [5.74, 6) is -2.38. The maximum atomic E-state index is 12.2. The molecule has 112 valence electrons. The lowest BCUT2D eigenvalue weighted by Gasteiger charge is -2.09. The van der Waals surface area contributed by atoms with E-state index in [9.17, 15) is 9.59 Å². The molecule has 0 aliphatic carbocycles. The maximum Gasteiger partial charge on any atom is 0.249 e. The molecule has 2 rings (SSSR count). The van der Waals surface area contributed by atoms with E-state index >= 15 is 0 Å². The Bertz CT molecular complexity index is 726. The minimum atomic E-state index is -1.33. The number of benzene rings is 1. The largest absolute Gasteiger partial charge is 0.325 e. The van der Waals surface area contributed by atoms with Gasteiger partial charge in [-0.1, -0.05) is 19.1 Å². The first-order chi connectivity index (χ1) is 10.5. The minimum Gasteiger partial charge on any atom is -0.325 e. The zero-order valence-corrected chi connectivity index (χ0v) is 13.2. The van der Waals surface area contributed by atoms with E-state index in [-0.39, 0.29) is 0 Å². The number of rotatable bonds is 5. The number of amides is 1. The third-order valence-electron chi connectivity index (χ3n) is 3.27. The van der Waals surface area contributed by atoms with Crippen LogP contribution in [0.2, 0.25) is 0 Å². The number of hydrogen-bond acceptors (Lipinski definition) is 4. The van der Waals surface area contributed by atoms with Gasteiger partial charge >= 0.3 is 0 Å². The number of nitrogens with zero attached hydrogens (tertiary/aromatic N) is 1. The van der Waals surface area contributed by atoms with Gasteiger partial charge in [0.2, 0.25) is 5.91 Å². The van der Waals surface area contributed by atoms with Gasteiger partial charge in [-0.2, -0.15) is 5.26 Å². The Morgan fingerprint density at radius 2 is 1.91 bits per heavy atom. The van der Waals surface area contributed by atoms with Crippen molar-refractivity contribution in [1.82, 2.24) is 0 Å². The number of thiophene rings is 1. The lowest BCUT2D eigenvalue weighted by atomic mass is 10.0. The van der Waals surface area contributed by atoms with Crippen LogP contribution in [0.5, 0.6) is 0 Å². The van der Waals surface area contributed by atoms with Gasteiger partial charge in [-0.25, -0.2) is 0 Å². The number of anilines is 1. The van der Waals surface area contributed by atoms with E-state index in [1.54, 1.807) is 30.3 Å². The molecule has 0 unspecified atom stereocenters. The van der Waals surface area contributed by atoms with Gasteiger partial charge < -0.3 is 5.32 Å². The maximum absolute atomic E-state index is 12.2. The van der Waals surface area contributed by atoms with E-state index in [1.165, 1.54) is 11.3 Å². The van der Waals surface area contributed by atoms with Crippen LogP contribution in [0.25, 0.3) is 0 Å². The number of hydrogen-bond donors (Lipinski definition) is 1. The van der Waals surface area contributed by atoms with Gasteiger partial charge in [0.25, 0.3) is 0 Å². The summed E-state index contributed by atoms with van der Waals surface area (Å²) < 4.78 is 0. The van der Waals surface area contributed by atoms with Crippen molar-refractivity contribution in [3.05, 3.63) is 51.7 Å². The average molecular weight is 312 g/mol. The molecule has 4 nitrogen and oxygen atoms in total. The van der Waals surface area contributed by atoms with Gasteiger partial charge in [0.15, 0.2) is 11.7 Å². The quantitative estimate of drug-likeness (QED) is 0.677. The first-order valence-electron chi connectivity index (χ1n) is 6.95. The van der Waals surface area contributed by atoms with Crippen LogP contribution in [-0.4, -0.2) is 11.7 Å². The third-order valence-corrected chi connectivity index (χ3v) is 4.28. The summed E-state index contributed by atoms with van der Waals surface area (Å²) in [7, 11) is 0. The van der Waals surface area contributed by atoms with Crippen LogP contribution < -0.4 is 5.32 Å². The van der Waals surface area contributed by atoms with Crippen LogP contribution >= 0.6 is 11.3 Å². The molecule has 1 aromatic heterocycles. The van der Waals surface area contributed by atoms with E-state index in [4.69, 9.17) is 5.26 Å². The van der Waals surface area contributed by atoms with Crippen molar-refractivity contribution >= 4 is 28.7 Å². The Kier molecular flexibility index (Phi) is 5.08. The van der Waals surface area contributed by atoms with Crippen molar-refractivity contribution in [2.75, 3.05) is 5.32 Å². The monoisotopic (exact) mass is 312 g/mol. The molecule has 1 heterocycles. The molecule has 0 saturated carbocycles. The molecule has 0 aliphatic rings. The summed E-state index contributed by atoms with van der Waals surface area (Å²) in [5, 5.41) is 11.8. The van der Waals surface area contributed by atoms with Gasteiger partial charge in [-0.3, -0.25) is 9.59 Å². The third kappa shape index (κ3) is 3.60. The highest BCUT2D eigenvalue weighted by Gasteiger charge is 2.28. The summed E-state index contributed by atoms with van der Waals surface area (Å²) in [6, 6.07) is 12.6. The van der Waals surface area contributed by atoms with Crippen LogP contribution in [0, 0.1) is 24.2 Å². The predicted molar refractivity (Wildman–Crippen MR) is 86.9 cm³/mol. The summed E-state index contributed by atoms with van der Waals surface area (Å²) in [6.45, 7) is 3.92. The fourth-order valence-corrected chi connectivity index (χ4v) is 2.82. The Morgan fingerprint density at radius 3 is 2.41 bits per heavy atom. The molecular weight excluding hydrogens is 296 g/mol. The number of nitriles is 1. The summed E-state index contributed by atoms with van der Waals surface area (Å²) in [4.78, 5) is 25.8. The Morgan fingerprint density at radius 1 is 1.23 bits per heavy atom. The Balaban J connectivity index is 2.11. The highest BCUT2D eigenvalue weighted by atomic mass is 32.1. The zero-order chi connectivity index (χ0) is 16.1. The molecule has 0 fully saturated rings. The molecule has 1 atom stereocenters. The second-order valence-corrected chi connectivity index (χ2v) is 6.16. The first-order valence-corrected chi connectivity index (χ1v) is 7.77. The van der Waals surface area contributed by atoms with Crippen molar-refractivity contribution < 1.29 is 9.59 Å². The van der Waals surface area contributed by atoms with Crippen molar-refractivity contribution in [2.24, 2.45) is 5.92 Å². The lowest BCUT2D eigenvalue weighted by Crippen LogP contribution is -2.28. The molecule has 0 spiro atoms.